The largest absolute Gasteiger partial charge is 0.495 e. The normalized spacial score (nSPS) is 14.3. The molecule has 0 radical (unpaired) electrons. The lowest BCUT2D eigenvalue weighted by Crippen LogP contribution is -2.10. The maximum absolute atomic E-state index is 5.40. The van der Waals surface area contributed by atoms with E-state index in [1.54, 1.807) is 7.11 Å². The number of anilines is 1. The lowest BCUT2D eigenvalue weighted by Gasteiger charge is -2.17. The van der Waals surface area contributed by atoms with Gasteiger partial charge in [0.05, 0.1) is 18.8 Å². The predicted octanol–water partition coefficient (Wildman–Crippen LogP) is 3.35. The van der Waals surface area contributed by atoms with Crippen LogP contribution in [0.3, 0.4) is 0 Å². The molecular weight excluding hydrogens is 272 g/mol. The minimum absolute atomic E-state index is 0.363. The number of benzene rings is 2. The standard InChI is InChI=1S/C19H22N2O/c1-21(2)18-10-14(8-9-19(18)22-3)13-20-17-11-15-6-4-5-7-16(15)12-17/h4-10,13,17H,11-12H2,1-3H3. The summed E-state index contributed by atoms with van der Waals surface area (Å²) in [4.78, 5) is 6.84. The van der Waals surface area contributed by atoms with Crippen LogP contribution in [0.25, 0.3) is 0 Å². The molecule has 0 amide bonds. The van der Waals surface area contributed by atoms with Crippen LogP contribution in [0, 0.1) is 0 Å². The Kier molecular flexibility index (Phi) is 4.14. The summed E-state index contributed by atoms with van der Waals surface area (Å²) in [7, 11) is 5.74. The van der Waals surface area contributed by atoms with Crippen molar-refractivity contribution in [3.05, 3.63) is 59.2 Å². The number of nitrogens with zero attached hydrogens (tertiary/aromatic N) is 2. The van der Waals surface area contributed by atoms with Gasteiger partial charge < -0.3 is 9.64 Å². The Balaban J connectivity index is 1.75. The van der Waals surface area contributed by atoms with Gasteiger partial charge in [-0.3, -0.25) is 4.99 Å². The molecule has 1 aliphatic carbocycles. The second-order valence-electron chi connectivity index (χ2n) is 5.93. The molecule has 0 aliphatic heterocycles. The Morgan fingerprint density at radius 2 is 1.77 bits per heavy atom. The second-order valence-corrected chi connectivity index (χ2v) is 5.93. The van der Waals surface area contributed by atoms with Crippen molar-refractivity contribution >= 4 is 11.9 Å². The van der Waals surface area contributed by atoms with Crippen LogP contribution < -0.4 is 9.64 Å². The van der Waals surface area contributed by atoms with Gasteiger partial charge in [-0.15, -0.1) is 0 Å². The monoisotopic (exact) mass is 294 g/mol. The van der Waals surface area contributed by atoms with Gasteiger partial charge in [-0.25, -0.2) is 0 Å². The van der Waals surface area contributed by atoms with Gasteiger partial charge in [0.2, 0.25) is 0 Å². The summed E-state index contributed by atoms with van der Waals surface area (Å²) in [5, 5.41) is 0. The Hall–Kier alpha value is -2.29. The van der Waals surface area contributed by atoms with E-state index >= 15 is 0 Å². The van der Waals surface area contributed by atoms with Crippen molar-refractivity contribution in [3.8, 4) is 5.75 Å². The average molecular weight is 294 g/mol. The van der Waals surface area contributed by atoms with Crippen LogP contribution in [0.1, 0.15) is 16.7 Å². The SMILES string of the molecule is COc1ccc(C=NC2Cc3ccccc3C2)cc1N(C)C. The number of hydrogen-bond acceptors (Lipinski definition) is 3. The van der Waals surface area contributed by atoms with Gasteiger partial charge in [-0.1, -0.05) is 24.3 Å². The quantitative estimate of drug-likeness (QED) is 0.808. The van der Waals surface area contributed by atoms with Gasteiger partial charge in [0, 0.05) is 20.3 Å². The molecule has 0 saturated carbocycles. The third-order valence-corrected chi connectivity index (χ3v) is 4.15. The van der Waals surface area contributed by atoms with E-state index in [1.807, 2.05) is 26.4 Å². The van der Waals surface area contributed by atoms with Crippen LogP contribution >= 0.6 is 0 Å². The van der Waals surface area contributed by atoms with E-state index in [0.29, 0.717) is 6.04 Å². The minimum atomic E-state index is 0.363. The van der Waals surface area contributed by atoms with Crippen LogP contribution in [0.4, 0.5) is 5.69 Å². The summed E-state index contributed by atoms with van der Waals surface area (Å²) in [6.07, 6.45) is 4.08. The Labute approximate surface area is 132 Å². The molecule has 0 atom stereocenters. The van der Waals surface area contributed by atoms with Gasteiger partial charge >= 0.3 is 0 Å². The highest BCUT2D eigenvalue weighted by Crippen LogP contribution is 2.28. The van der Waals surface area contributed by atoms with Gasteiger partial charge in [-0.05, 0) is 47.7 Å². The van der Waals surface area contributed by atoms with E-state index in [9.17, 15) is 0 Å². The molecule has 1 aliphatic rings. The van der Waals surface area contributed by atoms with Crippen LogP contribution in [0.15, 0.2) is 47.5 Å². The molecule has 3 heteroatoms. The van der Waals surface area contributed by atoms with E-state index in [2.05, 4.69) is 41.3 Å². The number of aliphatic imine (C=N–C) groups is 1. The second kappa shape index (κ2) is 6.22. The lowest BCUT2D eigenvalue weighted by molar-refractivity contribution is 0.415. The Morgan fingerprint density at radius 1 is 1.09 bits per heavy atom. The zero-order chi connectivity index (χ0) is 15.5. The molecule has 0 saturated heterocycles. The molecule has 2 aromatic carbocycles. The maximum Gasteiger partial charge on any atom is 0.142 e. The van der Waals surface area contributed by atoms with Gasteiger partial charge in [0.15, 0.2) is 0 Å². The molecule has 0 heterocycles. The molecule has 0 spiro atoms. The molecule has 0 bridgehead atoms. The molecule has 0 aromatic heterocycles. The highest BCUT2D eigenvalue weighted by molar-refractivity contribution is 5.83. The molecule has 114 valence electrons. The molecule has 0 fully saturated rings. The first kappa shape index (κ1) is 14.6. The van der Waals surface area contributed by atoms with Gasteiger partial charge in [-0.2, -0.15) is 0 Å². The Morgan fingerprint density at radius 3 is 2.36 bits per heavy atom. The van der Waals surface area contributed by atoms with E-state index in [4.69, 9.17) is 9.73 Å². The molecule has 2 aromatic rings. The summed E-state index contributed by atoms with van der Waals surface area (Å²) >= 11 is 0. The third-order valence-electron chi connectivity index (χ3n) is 4.15. The molecule has 3 rings (SSSR count). The van der Waals surface area contributed by atoms with Crippen LogP contribution in [-0.4, -0.2) is 33.5 Å². The number of fused-ring (bicyclic) bond motifs is 1. The first-order valence-corrected chi connectivity index (χ1v) is 7.62. The van der Waals surface area contributed by atoms with Gasteiger partial charge in [0.1, 0.15) is 5.75 Å². The molecule has 0 N–H and O–H groups in total. The predicted molar refractivity (Wildman–Crippen MR) is 92.6 cm³/mol. The summed E-state index contributed by atoms with van der Waals surface area (Å²) in [6.45, 7) is 0. The van der Waals surface area contributed by atoms with Crippen LogP contribution in [-0.2, 0) is 12.8 Å². The zero-order valence-electron chi connectivity index (χ0n) is 13.4. The van der Waals surface area contributed by atoms with Crippen LogP contribution in [0.5, 0.6) is 5.75 Å². The molecule has 3 nitrogen and oxygen atoms in total. The van der Waals surface area contributed by atoms with Gasteiger partial charge in [0.25, 0.3) is 0 Å². The van der Waals surface area contributed by atoms with Crippen molar-refractivity contribution in [1.29, 1.82) is 0 Å². The molecule has 0 unspecified atom stereocenters. The fourth-order valence-corrected chi connectivity index (χ4v) is 2.97. The smallest absolute Gasteiger partial charge is 0.142 e. The summed E-state index contributed by atoms with van der Waals surface area (Å²) in [5.41, 5.74) is 5.06. The maximum atomic E-state index is 5.40. The molecular formula is C19H22N2O. The van der Waals surface area contributed by atoms with E-state index < -0.39 is 0 Å². The number of methoxy groups -OCH3 is 1. The van der Waals surface area contributed by atoms with Crippen molar-refractivity contribution in [1.82, 2.24) is 0 Å². The van der Waals surface area contributed by atoms with E-state index in [1.165, 1.54) is 11.1 Å². The fourth-order valence-electron chi connectivity index (χ4n) is 2.97. The van der Waals surface area contributed by atoms with Crippen molar-refractivity contribution in [3.63, 3.8) is 0 Å². The zero-order valence-corrected chi connectivity index (χ0v) is 13.4. The van der Waals surface area contributed by atoms with Crippen molar-refractivity contribution in [2.45, 2.75) is 18.9 Å². The van der Waals surface area contributed by atoms with Crippen molar-refractivity contribution in [2.24, 2.45) is 4.99 Å². The highest BCUT2D eigenvalue weighted by atomic mass is 16.5. The average Bonchev–Trinajstić information content (AvgIpc) is 2.95. The van der Waals surface area contributed by atoms with E-state index in [0.717, 1.165) is 29.8 Å². The first-order chi connectivity index (χ1) is 10.7. The summed E-state index contributed by atoms with van der Waals surface area (Å²) in [6, 6.07) is 15.2. The minimum Gasteiger partial charge on any atom is -0.495 e. The number of ether oxygens (including phenoxy) is 1. The highest BCUT2D eigenvalue weighted by Gasteiger charge is 2.19. The topological polar surface area (TPSA) is 24.8 Å². The third kappa shape index (κ3) is 2.98. The first-order valence-electron chi connectivity index (χ1n) is 7.62. The molecule has 22 heavy (non-hydrogen) atoms. The lowest BCUT2D eigenvalue weighted by atomic mass is 10.1. The van der Waals surface area contributed by atoms with Crippen molar-refractivity contribution in [2.75, 3.05) is 26.1 Å². The number of hydrogen-bond donors (Lipinski definition) is 0. The summed E-state index contributed by atoms with van der Waals surface area (Å²) in [5.74, 6) is 0.885. The fraction of sp³-hybridized carbons (Fsp3) is 0.316. The van der Waals surface area contributed by atoms with Crippen LogP contribution in [0.2, 0.25) is 0 Å². The summed E-state index contributed by atoms with van der Waals surface area (Å²) < 4.78 is 5.40. The van der Waals surface area contributed by atoms with Crippen molar-refractivity contribution < 1.29 is 4.74 Å². The van der Waals surface area contributed by atoms with E-state index in [-0.39, 0.29) is 0 Å². The Bertz CT molecular complexity index is 667. The number of rotatable bonds is 4.